The lowest BCUT2D eigenvalue weighted by molar-refractivity contribution is -0.117. The van der Waals surface area contributed by atoms with Gasteiger partial charge in [-0.1, -0.05) is 33.8 Å². The number of carbonyl (C=O) groups excluding carboxylic acids is 1. The number of ether oxygens (including phenoxy) is 1. The van der Waals surface area contributed by atoms with Gasteiger partial charge in [-0.2, -0.15) is 11.3 Å². The van der Waals surface area contributed by atoms with E-state index < -0.39 is 27.9 Å². The van der Waals surface area contributed by atoms with Gasteiger partial charge in [-0.3, -0.25) is 4.79 Å². The molecule has 0 bridgehead atoms. The van der Waals surface area contributed by atoms with Gasteiger partial charge in [0.15, 0.2) is 0 Å². The second kappa shape index (κ2) is 9.10. The summed E-state index contributed by atoms with van der Waals surface area (Å²) in [5.74, 6) is -0.900. The number of aliphatic hydroxyl groups is 1. The molecule has 31 heavy (non-hydrogen) atoms. The molecule has 3 rings (SSSR count). The van der Waals surface area contributed by atoms with Crippen LogP contribution in [0.2, 0.25) is 0 Å². The van der Waals surface area contributed by atoms with Gasteiger partial charge < -0.3 is 18.4 Å². The van der Waals surface area contributed by atoms with Gasteiger partial charge in [0.2, 0.25) is 5.91 Å². The molecule has 1 aromatic carbocycles. The number of nitrogens with zero attached hydrogens (tertiary/aromatic N) is 1. The molecule has 0 aliphatic carbocycles. The summed E-state index contributed by atoms with van der Waals surface area (Å²) in [5, 5.41) is 10.1. The Bertz CT molecular complexity index is 1090. The fraction of sp³-hybridized carbons (Fsp3) is 0.522. The molecule has 1 aliphatic rings. The van der Waals surface area contributed by atoms with Crippen molar-refractivity contribution in [2.75, 3.05) is 0 Å². The minimum absolute atomic E-state index is 0.00535. The van der Waals surface area contributed by atoms with Crippen molar-refractivity contribution in [3.05, 3.63) is 50.6 Å². The summed E-state index contributed by atoms with van der Waals surface area (Å²) in [4.78, 5) is 13.1. The van der Waals surface area contributed by atoms with Gasteiger partial charge >= 0.3 is 0 Å². The van der Waals surface area contributed by atoms with E-state index >= 15 is 0 Å². The summed E-state index contributed by atoms with van der Waals surface area (Å²) in [5.41, 5.74) is 4.09. The van der Waals surface area contributed by atoms with E-state index in [4.69, 9.17) is 4.74 Å². The van der Waals surface area contributed by atoms with Crippen LogP contribution in [0.25, 0.3) is 0 Å². The molecule has 5 nitrogen and oxygen atoms in total. The van der Waals surface area contributed by atoms with Crippen molar-refractivity contribution < 1.29 is 23.2 Å². The van der Waals surface area contributed by atoms with E-state index in [9.17, 15) is 18.5 Å². The number of rotatable bonds is 6. The second-order valence-corrected chi connectivity index (χ2v) is 11.4. The molecule has 2 heterocycles. The first-order valence-electron chi connectivity index (χ1n) is 10.3. The monoisotopic (exact) mass is 466 g/mol. The molecule has 0 radical (unpaired) electrons. The lowest BCUT2D eigenvalue weighted by atomic mass is 9.82. The van der Waals surface area contributed by atoms with Gasteiger partial charge in [-0.25, -0.2) is 4.39 Å². The van der Waals surface area contributed by atoms with Crippen LogP contribution in [0.1, 0.15) is 86.1 Å². The van der Waals surface area contributed by atoms with Crippen LogP contribution >= 0.6 is 11.3 Å². The number of thiophene rings is 1. The zero-order valence-corrected chi connectivity index (χ0v) is 20.4. The van der Waals surface area contributed by atoms with Crippen LogP contribution in [0.3, 0.4) is 0 Å². The number of fused-ring (bicyclic) bond motifs is 1. The third-order valence-electron chi connectivity index (χ3n) is 5.35. The van der Waals surface area contributed by atoms with Crippen LogP contribution in [0.4, 0.5) is 4.39 Å². The summed E-state index contributed by atoms with van der Waals surface area (Å²) in [7, 11) is -2.16. The van der Waals surface area contributed by atoms with E-state index in [0.717, 1.165) is 45.2 Å². The second-order valence-electron chi connectivity index (χ2n) is 9.01. The van der Waals surface area contributed by atoms with Gasteiger partial charge in [0.1, 0.15) is 5.82 Å². The first-order chi connectivity index (χ1) is 14.4. The molecule has 0 saturated carbocycles. The maximum Gasteiger partial charge on any atom is 0.227 e. The smallest absolute Gasteiger partial charge is 0.227 e. The Morgan fingerprint density at radius 2 is 1.94 bits per heavy atom. The van der Waals surface area contributed by atoms with Crippen molar-refractivity contribution in [1.29, 1.82) is 0 Å². The Morgan fingerprint density at radius 1 is 1.26 bits per heavy atom. The minimum Gasteiger partial charge on any atom is -0.439 e. The van der Waals surface area contributed by atoms with Crippen molar-refractivity contribution in [2.45, 2.75) is 82.8 Å². The number of hydrogen-bond donors (Lipinski definition) is 1. The van der Waals surface area contributed by atoms with Gasteiger partial charge in [0.25, 0.3) is 0 Å². The third kappa shape index (κ3) is 5.08. The normalized spacial score (nSPS) is 15.2. The van der Waals surface area contributed by atoms with E-state index in [2.05, 4.69) is 38.1 Å². The molecule has 0 fully saturated rings. The van der Waals surface area contributed by atoms with E-state index in [1.165, 1.54) is 13.8 Å². The first kappa shape index (κ1) is 24.0. The predicted molar refractivity (Wildman–Crippen MR) is 120 cm³/mol. The Hall–Kier alpha value is -1.61. The lowest BCUT2D eigenvalue weighted by Gasteiger charge is -2.22. The number of carbonyl (C=O) groups is 1. The predicted octanol–water partition coefficient (Wildman–Crippen LogP) is 5.67. The molecule has 1 aliphatic heterocycles. The number of benzene rings is 1. The van der Waals surface area contributed by atoms with Gasteiger partial charge in [-0.05, 0) is 63.8 Å². The van der Waals surface area contributed by atoms with Crippen molar-refractivity contribution in [1.82, 2.24) is 0 Å². The first-order valence-corrected chi connectivity index (χ1v) is 12.3. The fourth-order valence-electron chi connectivity index (χ4n) is 3.93. The molecular weight excluding hydrogens is 437 g/mol. The highest BCUT2D eigenvalue weighted by Crippen LogP contribution is 2.37. The lowest BCUT2D eigenvalue weighted by Crippen LogP contribution is -2.12. The van der Waals surface area contributed by atoms with Crippen molar-refractivity contribution in [3.63, 3.8) is 0 Å². The summed E-state index contributed by atoms with van der Waals surface area (Å²) in [6.07, 6.45) is 0.00535. The van der Waals surface area contributed by atoms with Gasteiger partial charge in [0, 0.05) is 4.88 Å². The minimum atomic E-state index is -2.16. The number of amides is 1. The molecule has 8 heteroatoms. The molecular formula is C23H29FNO4S2-. The maximum atomic E-state index is 14.3. The zero-order valence-electron chi connectivity index (χ0n) is 18.7. The average molecular weight is 467 g/mol. The SMILES string of the molecule is CC(C)c1cc2c(c(C(C)C)c1CC(=O)N=[S-](=O)c1sc(C(C)(C)O)cc1F)COC2. The Labute approximate surface area is 188 Å². The molecule has 0 saturated heterocycles. The molecule has 1 amide bonds. The molecule has 0 atom stereocenters. The largest absolute Gasteiger partial charge is 0.439 e. The molecule has 1 aromatic heterocycles. The quantitative estimate of drug-likeness (QED) is 0.557. The Morgan fingerprint density at radius 3 is 2.48 bits per heavy atom. The van der Waals surface area contributed by atoms with Crippen molar-refractivity contribution in [3.8, 4) is 0 Å². The van der Waals surface area contributed by atoms with Crippen LogP contribution in [-0.2, 0) is 49.6 Å². The van der Waals surface area contributed by atoms with E-state index in [-0.39, 0.29) is 22.5 Å². The van der Waals surface area contributed by atoms with Crippen LogP contribution in [-0.4, -0.2) is 11.0 Å². The molecule has 170 valence electrons. The van der Waals surface area contributed by atoms with Crippen LogP contribution < -0.4 is 0 Å². The summed E-state index contributed by atoms with van der Waals surface area (Å²) >= 11 is 0.868. The maximum absolute atomic E-state index is 14.3. The van der Waals surface area contributed by atoms with Crippen molar-refractivity contribution in [2.24, 2.45) is 4.36 Å². The standard InChI is InChI=1S/C23H29FNO4S2/c1-12(2)15-7-14-10-29-11-17(14)21(13(3)4)16(15)8-20(26)25-31(28)22-18(24)9-19(30-22)23(5,6)27/h7,9,12-13,27H,8,10-11H2,1-6H3/q-1. The van der Waals surface area contributed by atoms with Gasteiger partial charge in [-0.15, -0.1) is 10.6 Å². The summed E-state index contributed by atoms with van der Waals surface area (Å²) in [6, 6.07) is 3.25. The van der Waals surface area contributed by atoms with E-state index in [1.807, 2.05) is 0 Å². The van der Waals surface area contributed by atoms with Gasteiger partial charge in [0.05, 0.1) is 25.2 Å². The Kier molecular flexibility index (Phi) is 7.05. The third-order valence-corrected chi connectivity index (χ3v) is 8.13. The molecule has 2 aromatic rings. The van der Waals surface area contributed by atoms with Crippen LogP contribution in [0.5, 0.6) is 0 Å². The van der Waals surface area contributed by atoms with Crippen molar-refractivity contribution >= 4 is 27.8 Å². The number of halogens is 1. The Balaban J connectivity index is 1.99. The molecule has 1 N–H and O–H groups in total. The average Bonchev–Trinajstić information content (AvgIpc) is 3.26. The zero-order chi connectivity index (χ0) is 23.1. The fourth-order valence-corrected chi connectivity index (χ4v) is 5.93. The highest BCUT2D eigenvalue weighted by molar-refractivity contribution is 7.78. The molecule has 0 spiro atoms. The topological polar surface area (TPSA) is 76.0 Å². The summed E-state index contributed by atoms with van der Waals surface area (Å²) < 4.78 is 36.2. The summed E-state index contributed by atoms with van der Waals surface area (Å²) in [6.45, 7) is 12.4. The highest BCUT2D eigenvalue weighted by Gasteiger charge is 2.25. The van der Waals surface area contributed by atoms with Crippen LogP contribution in [0.15, 0.2) is 20.7 Å². The van der Waals surface area contributed by atoms with E-state index in [1.54, 1.807) is 0 Å². The molecule has 0 unspecified atom stereocenters. The number of hydrogen-bond acceptors (Lipinski definition) is 6. The van der Waals surface area contributed by atoms with E-state index in [0.29, 0.717) is 18.1 Å². The highest BCUT2D eigenvalue weighted by atomic mass is 32.2. The van der Waals surface area contributed by atoms with Crippen LogP contribution in [0, 0.1) is 5.82 Å².